The molecule has 6 nitrogen and oxygen atoms in total. The fourth-order valence-electron chi connectivity index (χ4n) is 0.887. The number of amides is 1. The second-order valence-electron chi connectivity index (χ2n) is 3.70. The molecule has 0 fully saturated rings. The standard InChI is InChI=1S/C8H18N2O4S/c1-6(2)7(9)8(11)10-4-3-5-15(12,13)14/h6-7H,3-5,9H2,1-2H3,(H,10,11)(H,12,13,14)/t7-/m0/s1/i10+1. The maximum absolute atomic E-state index is 11.3. The molecule has 15 heavy (non-hydrogen) atoms. The van der Waals surface area contributed by atoms with Crippen LogP contribution in [0.15, 0.2) is 0 Å². The van der Waals surface area contributed by atoms with E-state index in [-0.39, 0.29) is 30.5 Å². The first-order valence-corrected chi connectivity index (χ1v) is 6.33. The Hall–Kier alpha value is -0.660. The van der Waals surface area contributed by atoms with Crippen LogP contribution in [0.3, 0.4) is 0 Å². The molecule has 1 atom stereocenters. The summed E-state index contributed by atoms with van der Waals surface area (Å²) in [7, 11) is -3.94. The molecular weight excluding hydrogens is 221 g/mol. The van der Waals surface area contributed by atoms with Crippen LogP contribution in [0, 0.1) is 5.92 Å². The Morgan fingerprint density at radius 1 is 1.47 bits per heavy atom. The third-order valence-corrected chi connectivity index (χ3v) is 2.70. The zero-order valence-electron chi connectivity index (χ0n) is 8.93. The largest absolute Gasteiger partial charge is 0.355 e. The highest BCUT2D eigenvalue weighted by atomic mass is 32.2. The number of hydrogen-bond donors (Lipinski definition) is 3. The smallest absolute Gasteiger partial charge is 0.264 e. The lowest BCUT2D eigenvalue weighted by molar-refractivity contribution is -0.123. The summed E-state index contributed by atoms with van der Waals surface area (Å²) in [5.74, 6) is -0.628. The third-order valence-electron chi connectivity index (χ3n) is 1.90. The van der Waals surface area contributed by atoms with Gasteiger partial charge in [-0.2, -0.15) is 8.42 Å². The molecule has 0 rings (SSSR count). The van der Waals surface area contributed by atoms with E-state index in [0.29, 0.717) is 0 Å². The van der Waals surface area contributed by atoms with Crippen LogP contribution in [-0.2, 0) is 14.9 Å². The molecule has 0 aromatic carbocycles. The summed E-state index contributed by atoms with van der Waals surface area (Å²) in [5, 5.41) is 2.50. The molecule has 4 N–H and O–H groups in total. The van der Waals surface area contributed by atoms with Crippen LogP contribution in [0.5, 0.6) is 0 Å². The molecule has 0 aliphatic heterocycles. The van der Waals surface area contributed by atoms with E-state index in [2.05, 4.69) is 5.32 Å². The average Bonchev–Trinajstić information content (AvgIpc) is 2.09. The number of nitrogens with two attached hydrogens (primary N) is 1. The molecule has 7 heteroatoms. The van der Waals surface area contributed by atoms with Crippen molar-refractivity contribution in [2.75, 3.05) is 12.3 Å². The molecule has 0 aromatic heterocycles. The molecule has 0 saturated heterocycles. The molecule has 0 aliphatic carbocycles. The second-order valence-corrected chi connectivity index (χ2v) is 5.27. The Balaban J connectivity index is 3.74. The van der Waals surface area contributed by atoms with Crippen molar-refractivity contribution in [1.82, 2.24) is 5.32 Å². The van der Waals surface area contributed by atoms with E-state index in [1.165, 1.54) is 0 Å². The Morgan fingerprint density at radius 3 is 2.40 bits per heavy atom. The number of carbonyl (C=O) groups is 1. The molecule has 0 aliphatic rings. The van der Waals surface area contributed by atoms with Crippen molar-refractivity contribution in [3.63, 3.8) is 0 Å². The summed E-state index contributed by atoms with van der Waals surface area (Å²) in [5.41, 5.74) is 5.55. The third kappa shape index (κ3) is 7.29. The first kappa shape index (κ1) is 14.3. The molecule has 0 heterocycles. The van der Waals surface area contributed by atoms with E-state index >= 15 is 0 Å². The first-order valence-electron chi connectivity index (χ1n) is 4.72. The second kappa shape index (κ2) is 6.04. The summed E-state index contributed by atoms with van der Waals surface area (Å²) in [6.07, 6.45) is 0.176. The first-order chi connectivity index (χ1) is 6.74. The van der Waals surface area contributed by atoms with Crippen LogP contribution in [0.4, 0.5) is 0 Å². The fourth-order valence-corrected chi connectivity index (χ4v) is 1.40. The highest BCUT2D eigenvalue weighted by Gasteiger charge is 2.16. The molecule has 1 amide bonds. The number of hydrogen-bond acceptors (Lipinski definition) is 4. The van der Waals surface area contributed by atoms with E-state index in [1.807, 2.05) is 13.8 Å². The Bertz CT molecular complexity index is 300. The van der Waals surface area contributed by atoms with E-state index in [1.54, 1.807) is 0 Å². The van der Waals surface area contributed by atoms with Gasteiger partial charge in [0.2, 0.25) is 5.91 Å². The van der Waals surface area contributed by atoms with E-state index in [0.717, 1.165) is 0 Å². The van der Waals surface area contributed by atoms with Crippen molar-refractivity contribution in [3.8, 4) is 0 Å². The lowest BCUT2D eigenvalue weighted by Gasteiger charge is -2.14. The topological polar surface area (TPSA) is 109 Å². The van der Waals surface area contributed by atoms with Gasteiger partial charge >= 0.3 is 0 Å². The molecule has 90 valence electrons. The SMILES string of the molecule is CC(C)[C@H](N)C(=O)[15NH]CCCS(=O)(=O)O. The van der Waals surface area contributed by atoms with Crippen LogP contribution in [0.2, 0.25) is 0 Å². The van der Waals surface area contributed by atoms with E-state index < -0.39 is 16.2 Å². The normalized spacial score (nSPS) is 13.9. The minimum Gasteiger partial charge on any atom is -0.355 e. The average molecular weight is 239 g/mol. The number of nitrogens with one attached hydrogen (secondary N) is 1. The number of rotatable bonds is 6. The maximum Gasteiger partial charge on any atom is 0.264 e. The molecule has 0 radical (unpaired) electrons. The summed E-state index contributed by atoms with van der Waals surface area (Å²) < 4.78 is 29.1. The van der Waals surface area contributed by atoms with Gasteiger partial charge in [-0.25, -0.2) is 0 Å². The van der Waals surface area contributed by atoms with Crippen LogP contribution in [0.1, 0.15) is 20.3 Å². The van der Waals surface area contributed by atoms with Crippen LogP contribution in [0.25, 0.3) is 0 Å². The summed E-state index contributed by atoms with van der Waals surface area (Å²) in [6, 6.07) is -0.587. The monoisotopic (exact) mass is 239 g/mol. The Labute approximate surface area is 90.0 Å². The summed E-state index contributed by atoms with van der Waals surface area (Å²) >= 11 is 0. The van der Waals surface area contributed by atoms with Crippen LogP contribution < -0.4 is 11.1 Å². The van der Waals surface area contributed by atoms with Gasteiger partial charge in [-0.15, -0.1) is 0 Å². The lowest BCUT2D eigenvalue weighted by Crippen LogP contribution is -2.44. The molecular formula is C8H18N2O4S. The molecule has 0 unspecified atom stereocenters. The summed E-state index contributed by atoms with van der Waals surface area (Å²) in [6.45, 7) is 3.84. The lowest BCUT2D eigenvalue weighted by atomic mass is 10.1. The Kier molecular flexibility index (Phi) is 5.77. The molecule has 0 aromatic rings. The quantitative estimate of drug-likeness (QED) is 0.324. The highest BCUT2D eigenvalue weighted by Crippen LogP contribution is 1.97. The van der Waals surface area contributed by atoms with Crippen molar-refractivity contribution in [2.24, 2.45) is 11.7 Å². The van der Waals surface area contributed by atoms with Gasteiger partial charge in [-0.05, 0) is 12.3 Å². The van der Waals surface area contributed by atoms with Crippen molar-refractivity contribution in [3.05, 3.63) is 0 Å². The van der Waals surface area contributed by atoms with Gasteiger partial charge in [0.05, 0.1) is 11.8 Å². The van der Waals surface area contributed by atoms with Gasteiger partial charge in [0.25, 0.3) is 10.1 Å². The van der Waals surface area contributed by atoms with Crippen LogP contribution >= 0.6 is 0 Å². The van der Waals surface area contributed by atoms with Gasteiger partial charge in [-0.3, -0.25) is 9.35 Å². The number of carbonyl (C=O) groups excluding carboxylic acids is 1. The predicted molar refractivity (Wildman–Crippen MR) is 56.9 cm³/mol. The minimum absolute atomic E-state index is 0.0339. The maximum atomic E-state index is 11.3. The fraction of sp³-hybridized carbons (Fsp3) is 0.875. The van der Waals surface area contributed by atoms with Gasteiger partial charge in [0, 0.05) is 6.54 Å². The van der Waals surface area contributed by atoms with Crippen molar-refractivity contribution >= 4 is 16.0 Å². The summed E-state index contributed by atoms with van der Waals surface area (Å²) in [4.78, 5) is 11.3. The minimum atomic E-state index is -3.94. The zero-order valence-corrected chi connectivity index (χ0v) is 9.75. The van der Waals surface area contributed by atoms with Gasteiger partial charge in [0.1, 0.15) is 0 Å². The predicted octanol–water partition coefficient (Wildman–Crippen LogP) is -0.636. The van der Waals surface area contributed by atoms with Crippen molar-refractivity contribution in [1.29, 1.82) is 0 Å². The van der Waals surface area contributed by atoms with Gasteiger partial charge in [-0.1, -0.05) is 13.8 Å². The highest BCUT2D eigenvalue weighted by molar-refractivity contribution is 7.85. The van der Waals surface area contributed by atoms with Gasteiger partial charge in [0.15, 0.2) is 0 Å². The van der Waals surface area contributed by atoms with E-state index in [4.69, 9.17) is 10.3 Å². The van der Waals surface area contributed by atoms with Crippen molar-refractivity contribution < 1.29 is 17.8 Å². The molecule has 0 spiro atoms. The van der Waals surface area contributed by atoms with Gasteiger partial charge < -0.3 is 11.1 Å². The van der Waals surface area contributed by atoms with Crippen molar-refractivity contribution in [2.45, 2.75) is 26.3 Å². The molecule has 0 bridgehead atoms. The molecule has 0 saturated carbocycles. The van der Waals surface area contributed by atoms with Crippen LogP contribution in [-0.4, -0.2) is 37.2 Å². The van der Waals surface area contributed by atoms with E-state index in [9.17, 15) is 13.2 Å². The Morgan fingerprint density at radius 2 is 2.00 bits per heavy atom. The zero-order chi connectivity index (χ0) is 12.1.